The van der Waals surface area contributed by atoms with E-state index in [1.165, 1.54) is 26.4 Å². The predicted molar refractivity (Wildman–Crippen MR) is 131 cm³/mol. The smallest absolute Gasteiger partial charge is 0.341 e. The Hall–Kier alpha value is -3.84. The van der Waals surface area contributed by atoms with Gasteiger partial charge in [0.05, 0.1) is 14.2 Å². The Bertz CT molecular complexity index is 1260. The van der Waals surface area contributed by atoms with Crippen LogP contribution in [-0.2, 0) is 9.47 Å². The van der Waals surface area contributed by atoms with Gasteiger partial charge in [-0.05, 0) is 52.6 Å². The molecule has 0 fully saturated rings. The number of esters is 2. The van der Waals surface area contributed by atoms with Crippen LogP contribution in [0.3, 0.4) is 0 Å². The summed E-state index contributed by atoms with van der Waals surface area (Å²) >= 11 is 3.56. The summed E-state index contributed by atoms with van der Waals surface area (Å²) in [7, 11) is 2.52. The van der Waals surface area contributed by atoms with Crippen LogP contribution < -0.4 is 0 Å². The van der Waals surface area contributed by atoms with E-state index < -0.39 is 11.9 Å². The lowest BCUT2D eigenvalue weighted by molar-refractivity contribution is 0.0588. The van der Waals surface area contributed by atoms with Crippen molar-refractivity contribution >= 4 is 52.2 Å². The topological polar surface area (TPSA) is 93.1 Å². The van der Waals surface area contributed by atoms with Gasteiger partial charge in [-0.3, -0.25) is 0 Å². The molecule has 168 valence electrons. The molecule has 33 heavy (non-hydrogen) atoms. The molecule has 0 aliphatic carbocycles. The standard InChI is InChI=1S/C26H21BrO6/c1-32-25(30)20-13-16(7-11-23(20)28)3-4-18-6-10-19(22(27)15-18)9-5-17-8-12-24(29)21(14-17)26(31)33-2/h3-15,28-29H,1-2H3/b4-3+,9-5-. The number of phenols is 2. The Morgan fingerprint density at radius 2 is 1.12 bits per heavy atom. The third-order valence-electron chi connectivity index (χ3n) is 4.80. The average molecular weight is 509 g/mol. The normalized spacial score (nSPS) is 11.1. The number of methoxy groups -OCH3 is 2. The van der Waals surface area contributed by atoms with Crippen molar-refractivity contribution in [2.75, 3.05) is 14.2 Å². The molecule has 0 atom stereocenters. The molecule has 0 saturated carbocycles. The molecule has 0 unspecified atom stereocenters. The van der Waals surface area contributed by atoms with E-state index in [4.69, 9.17) is 0 Å². The lowest BCUT2D eigenvalue weighted by Crippen LogP contribution is -2.01. The first-order chi connectivity index (χ1) is 15.8. The third-order valence-corrected chi connectivity index (χ3v) is 5.49. The maximum absolute atomic E-state index is 11.7. The molecule has 7 heteroatoms. The highest BCUT2D eigenvalue weighted by Crippen LogP contribution is 2.25. The van der Waals surface area contributed by atoms with E-state index in [-0.39, 0.29) is 22.6 Å². The van der Waals surface area contributed by atoms with Crippen LogP contribution in [0.4, 0.5) is 0 Å². The Kier molecular flexibility index (Phi) is 7.69. The second-order valence-corrected chi connectivity index (χ2v) is 7.84. The van der Waals surface area contributed by atoms with Crippen molar-refractivity contribution in [1.82, 2.24) is 0 Å². The number of aromatic hydroxyl groups is 2. The van der Waals surface area contributed by atoms with Gasteiger partial charge in [0.1, 0.15) is 22.6 Å². The van der Waals surface area contributed by atoms with Gasteiger partial charge in [0, 0.05) is 4.47 Å². The van der Waals surface area contributed by atoms with E-state index in [1.54, 1.807) is 24.3 Å². The first kappa shape index (κ1) is 23.8. The molecule has 0 spiro atoms. The first-order valence-electron chi connectivity index (χ1n) is 9.80. The van der Waals surface area contributed by atoms with E-state index in [9.17, 15) is 19.8 Å². The molecule has 0 radical (unpaired) electrons. The Labute approximate surface area is 199 Å². The largest absolute Gasteiger partial charge is 0.507 e. The third kappa shape index (κ3) is 5.90. The van der Waals surface area contributed by atoms with Crippen molar-refractivity contribution in [2.45, 2.75) is 0 Å². The minimum absolute atomic E-state index is 0.101. The summed E-state index contributed by atoms with van der Waals surface area (Å²) in [6.45, 7) is 0. The van der Waals surface area contributed by atoms with Gasteiger partial charge >= 0.3 is 11.9 Å². The summed E-state index contributed by atoms with van der Waals surface area (Å²) in [5.74, 6) is -1.48. The number of phenolic OH excluding ortho intramolecular Hbond substituents is 2. The quantitative estimate of drug-likeness (QED) is 0.324. The molecule has 0 heterocycles. The van der Waals surface area contributed by atoms with Gasteiger partial charge < -0.3 is 19.7 Å². The summed E-state index contributed by atoms with van der Waals surface area (Å²) in [6, 6.07) is 15.2. The summed E-state index contributed by atoms with van der Waals surface area (Å²) in [4.78, 5) is 23.5. The van der Waals surface area contributed by atoms with Crippen molar-refractivity contribution in [1.29, 1.82) is 0 Å². The molecule has 2 N–H and O–H groups in total. The summed E-state index contributed by atoms with van der Waals surface area (Å²) in [5, 5.41) is 19.6. The highest BCUT2D eigenvalue weighted by molar-refractivity contribution is 9.10. The van der Waals surface area contributed by atoms with Crippen LogP contribution in [0, 0.1) is 0 Å². The van der Waals surface area contributed by atoms with Crippen molar-refractivity contribution in [2.24, 2.45) is 0 Å². The number of halogens is 1. The van der Waals surface area contributed by atoms with Gasteiger partial charge in [-0.1, -0.05) is 64.5 Å². The number of rotatable bonds is 6. The maximum atomic E-state index is 11.7. The minimum atomic E-state index is -0.604. The van der Waals surface area contributed by atoms with Gasteiger partial charge in [-0.15, -0.1) is 0 Å². The zero-order chi connectivity index (χ0) is 24.0. The predicted octanol–water partition coefficient (Wildman–Crippen LogP) is 5.77. The second-order valence-electron chi connectivity index (χ2n) is 6.98. The number of benzene rings is 3. The highest BCUT2D eigenvalue weighted by atomic mass is 79.9. The van der Waals surface area contributed by atoms with Gasteiger partial charge in [0.15, 0.2) is 0 Å². The Balaban J connectivity index is 1.78. The van der Waals surface area contributed by atoms with E-state index in [1.807, 2.05) is 42.5 Å². The summed E-state index contributed by atoms with van der Waals surface area (Å²) < 4.78 is 10.2. The zero-order valence-electron chi connectivity index (χ0n) is 17.9. The lowest BCUT2D eigenvalue weighted by Gasteiger charge is -2.05. The van der Waals surface area contributed by atoms with Crippen LogP contribution >= 0.6 is 15.9 Å². The molecular formula is C26H21BrO6. The molecule has 3 aromatic rings. The fourth-order valence-corrected chi connectivity index (χ4v) is 3.55. The fourth-order valence-electron chi connectivity index (χ4n) is 3.02. The second kappa shape index (κ2) is 10.7. The molecule has 6 nitrogen and oxygen atoms in total. The van der Waals surface area contributed by atoms with E-state index in [0.717, 1.165) is 26.7 Å². The zero-order valence-corrected chi connectivity index (χ0v) is 19.5. The molecule has 0 amide bonds. The molecule has 0 aliphatic rings. The van der Waals surface area contributed by atoms with Crippen LogP contribution in [0.25, 0.3) is 24.3 Å². The van der Waals surface area contributed by atoms with Gasteiger partial charge in [0.25, 0.3) is 0 Å². The molecule has 3 aromatic carbocycles. The van der Waals surface area contributed by atoms with Crippen LogP contribution in [0.5, 0.6) is 11.5 Å². The molecule has 0 saturated heterocycles. The number of hydrogen-bond acceptors (Lipinski definition) is 6. The number of hydrogen-bond donors (Lipinski definition) is 2. The monoisotopic (exact) mass is 508 g/mol. The molecule has 0 aromatic heterocycles. The van der Waals surface area contributed by atoms with Crippen LogP contribution in [0.15, 0.2) is 59.1 Å². The van der Waals surface area contributed by atoms with E-state index >= 15 is 0 Å². The number of ether oxygens (including phenoxy) is 2. The average Bonchev–Trinajstić information content (AvgIpc) is 2.82. The van der Waals surface area contributed by atoms with Gasteiger partial charge in [0.2, 0.25) is 0 Å². The lowest BCUT2D eigenvalue weighted by atomic mass is 10.1. The van der Waals surface area contributed by atoms with Gasteiger partial charge in [-0.25, -0.2) is 9.59 Å². The molecule has 3 rings (SSSR count). The highest BCUT2D eigenvalue weighted by Gasteiger charge is 2.12. The number of carbonyl (C=O) groups excluding carboxylic acids is 2. The first-order valence-corrected chi connectivity index (χ1v) is 10.6. The van der Waals surface area contributed by atoms with Crippen LogP contribution in [-0.4, -0.2) is 36.4 Å². The fraction of sp³-hybridized carbons (Fsp3) is 0.0769. The van der Waals surface area contributed by atoms with Gasteiger partial charge in [-0.2, -0.15) is 0 Å². The van der Waals surface area contributed by atoms with Crippen molar-refractivity contribution < 1.29 is 29.3 Å². The minimum Gasteiger partial charge on any atom is -0.507 e. The van der Waals surface area contributed by atoms with Crippen LogP contribution in [0.2, 0.25) is 0 Å². The van der Waals surface area contributed by atoms with Crippen molar-refractivity contribution in [3.05, 3.63) is 92.5 Å². The van der Waals surface area contributed by atoms with E-state index in [2.05, 4.69) is 25.4 Å². The number of carbonyl (C=O) groups is 2. The molecule has 0 bridgehead atoms. The molecule has 0 aliphatic heterocycles. The maximum Gasteiger partial charge on any atom is 0.341 e. The van der Waals surface area contributed by atoms with Crippen LogP contribution in [0.1, 0.15) is 43.0 Å². The van der Waals surface area contributed by atoms with E-state index in [0.29, 0.717) is 0 Å². The molecular weight excluding hydrogens is 488 g/mol. The Morgan fingerprint density at radius 3 is 1.58 bits per heavy atom. The summed E-state index contributed by atoms with van der Waals surface area (Å²) in [6.07, 6.45) is 7.42. The summed E-state index contributed by atoms with van der Waals surface area (Å²) in [5.41, 5.74) is 3.51. The van der Waals surface area contributed by atoms with Crippen molar-refractivity contribution in [3.8, 4) is 11.5 Å². The SMILES string of the molecule is COC(=O)c1cc(/C=C\c2ccc(/C=C/c3ccc(O)c(C(=O)OC)c3)cc2Br)ccc1O. The Morgan fingerprint density at radius 1 is 0.697 bits per heavy atom. The van der Waals surface area contributed by atoms with Crippen molar-refractivity contribution in [3.63, 3.8) is 0 Å².